The van der Waals surface area contributed by atoms with Crippen LogP contribution in [0.3, 0.4) is 0 Å². The number of hydrogen-bond donors (Lipinski definition) is 0. The number of anilines is 6. The van der Waals surface area contributed by atoms with E-state index in [0.717, 1.165) is 45.8 Å². The number of rotatable bonds is 7. The Morgan fingerprint density at radius 1 is 0.410 bits per heavy atom. The van der Waals surface area contributed by atoms with Gasteiger partial charge >= 0.3 is 21.1 Å². The molecule has 0 aliphatic carbocycles. The van der Waals surface area contributed by atoms with Gasteiger partial charge in [0, 0.05) is 11.4 Å². The zero-order valence-corrected chi connectivity index (χ0v) is 23.2. The van der Waals surface area contributed by atoms with Crippen LogP contribution in [0.5, 0.6) is 0 Å². The zero-order chi connectivity index (χ0) is 25.6. The molecule has 0 bridgehead atoms. The van der Waals surface area contributed by atoms with E-state index in [-0.39, 0.29) is 21.1 Å². The largest absolute Gasteiger partial charge is 2.00 e. The SMILES string of the molecule is [Pt+2].[c-]1ccccc1N(c1ccccc1)c1cccc(-c2cccc(N(c3[c-]cccc3)c3ccccc3)n2)n1. The Bertz CT molecular complexity index is 1410. The van der Waals surface area contributed by atoms with Crippen molar-refractivity contribution < 1.29 is 21.1 Å². The van der Waals surface area contributed by atoms with E-state index in [4.69, 9.17) is 9.97 Å². The molecule has 5 heteroatoms. The third-order valence-corrected chi connectivity index (χ3v) is 6.09. The van der Waals surface area contributed by atoms with Gasteiger partial charge in [-0.3, -0.25) is 0 Å². The average molecular weight is 684 g/mol. The van der Waals surface area contributed by atoms with Crippen molar-refractivity contribution in [3.63, 3.8) is 0 Å². The van der Waals surface area contributed by atoms with Crippen molar-refractivity contribution in [2.24, 2.45) is 0 Å². The van der Waals surface area contributed by atoms with Gasteiger partial charge in [0.1, 0.15) is 11.6 Å². The summed E-state index contributed by atoms with van der Waals surface area (Å²) in [6.45, 7) is 0. The molecule has 190 valence electrons. The fraction of sp³-hybridized carbons (Fsp3) is 0. The summed E-state index contributed by atoms with van der Waals surface area (Å²) < 4.78 is 0. The molecule has 0 aliphatic heterocycles. The average Bonchev–Trinajstić information content (AvgIpc) is 3.00. The van der Waals surface area contributed by atoms with Crippen LogP contribution in [0.1, 0.15) is 0 Å². The Hall–Kier alpha value is -4.53. The minimum absolute atomic E-state index is 0. The van der Waals surface area contributed by atoms with Crippen molar-refractivity contribution >= 4 is 34.4 Å². The van der Waals surface area contributed by atoms with Gasteiger partial charge in [0.2, 0.25) is 0 Å². The van der Waals surface area contributed by atoms with Crippen molar-refractivity contribution in [2.45, 2.75) is 0 Å². The van der Waals surface area contributed by atoms with Crippen LogP contribution in [-0.4, -0.2) is 9.97 Å². The fourth-order valence-corrected chi connectivity index (χ4v) is 4.37. The quantitative estimate of drug-likeness (QED) is 0.158. The van der Waals surface area contributed by atoms with Crippen LogP contribution in [0.4, 0.5) is 34.4 Å². The number of benzene rings is 4. The molecule has 39 heavy (non-hydrogen) atoms. The molecule has 0 spiro atoms. The fourth-order valence-electron chi connectivity index (χ4n) is 4.37. The molecular weight excluding hydrogens is 659 g/mol. The summed E-state index contributed by atoms with van der Waals surface area (Å²) in [7, 11) is 0. The maximum Gasteiger partial charge on any atom is 2.00 e. The summed E-state index contributed by atoms with van der Waals surface area (Å²) in [6.07, 6.45) is 0. The van der Waals surface area contributed by atoms with Gasteiger partial charge in [-0.1, -0.05) is 59.9 Å². The molecule has 0 aliphatic rings. The topological polar surface area (TPSA) is 32.3 Å². The van der Waals surface area contributed by atoms with E-state index < -0.39 is 0 Å². The maximum absolute atomic E-state index is 5.06. The molecule has 4 nitrogen and oxygen atoms in total. The van der Waals surface area contributed by atoms with Crippen LogP contribution in [-0.2, 0) is 21.1 Å². The molecule has 0 saturated carbocycles. The molecule has 0 atom stereocenters. The molecule has 0 fully saturated rings. The summed E-state index contributed by atoms with van der Waals surface area (Å²) in [5, 5.41) is 0. The maximum atomic E-state index is 5.06. The van der Waals surface area contributed by atoms with Crippen molar-refractivity contribution in [3.05, 3.63) is 158 Å². The van der Waals surface area contributed by atoms with Gasteiger partial charge in [0.15, 0.2) is 0 Å². The van der Waals surface area contributed by atoms with Gasteiger partial charge < -0.3 is 9.80 Å². The molecule has 6 aromatic rings. The van der Waals surface area contributed by atoms with Crippen molar-refractivity contribution in [1.82, 2.24) is 9.97 Å². The van der Waals surface area contributed by atoms with E-state index in [9.17, 15) is 0 Å². The Morgan fingerprint density at radius 2 is 0.821 bits per heavy atom. The van der Waals surface area contributed by atoms with E-state index in [0.29, 0.717) is 0 Å². The van der Waals surface area contributed by atoms with E-state index >= 15 is 0 Å². The number of para-hydroxylation sites is 4. The minimum atomic E-state index is 0. The Labute approximate surface area is 243 Å². The predicted octanol–water partition coefficient (Wildman–Crippen LogP) is 8.68. The van der Waals surface area contributed by atoms with Crippen molar-refractivity contribution in [1.29, 1.82) is 0 Å². The predicted molar refractivity (Wildman–Crippen MR) is 155 cm³/mol. The van der Waals surface area contributed by atoms with Gasteiger partial charge in [-0.05, 0) is 48.5 Å². The second-order valence-corrected chi connectivity index (χ2v) is 8.60. The van der Waals surface area contributed by atoms with Crippen molar-refractivity contribution in [3.8, 4) is 11.4 Å². The smallest absolute Gasteiger partial charge is 0.319 e. The van der Waals surface area contributed by atoms with Gasteiger partial charge in [0.25, 0.3) is 0 Å². The van der Waals surface area contributed by atoms with Gasteiger partial charge in [-0.2, -0.15) is 48.5 Å². The molecule has 0 unspecified atom stereocenters. The van der Waals surface area contributed by atoms with Crippen LogP contribution in [0.15, 0.2) is 146 Å². The summed E-state index contributed by atoms with van der Waals surface area (Å²) in [5.41, 5.74) is 5.42. The first kappa shape index (κ1) is 26.1. The molecule has 6 rings (SSSR count). The summed E-state index contributed by atoms with van der Waals surface area (Å²) in [4.78, 5) is 14.3. The molecule has 0 saturated heterocycles. The van der Waals surface area contributed by atoms with Crippen LogP contribution >= 0.6 is 0 Å². The molecule has 4 aromatic carbocycles. The Balaban J connectivity index is 0.00000308. The molecule has 2 heterocycles. The third kappa shape index (κ3) is 5.82. The van der Waals surface area contributed by atoms with Crippen molar-refractivity contribution in [2.75, 3.05) is 9.80 Å². The minimum Gasteiger partial charge on any atom is -0.319 e. The normalized spacial score (nSPS) is 10.4. The summed E-state index contributed by atoms with van der Waals surface area (Å²) in [5.74, 6) is 1.58. The second-order valence-electron chi connectivity index (χ2n) is 8.60. The van der Waals surface area contributed by atoms with Crippen LogP contribution in [0.25, 0.3) is 11.4 Å². The molecule has 0 amide bonds. The number of pyridine rings is 2. The number of hydrogen-bond acceptors (Lipinski definition) is 4. The third-order valence-electron chi connectivity index (χ3n) is 6.09. The number of nitrogens with zero attached hydrogens (tertiary/aromatic N) is 4. The van der Waals surface area contributed by atoms with Crippen LogP contribution in [0.2, 0.25) is 0 Å². The summed E-state index contributed by atoms with van der Waals surface area (Å²) >= 11 is 0. The van der Waals surface area contributed by atoms with E-state index in [1.165, 1.54) is 0 Å². The molecule has 0 N–H and O–H groups in total. The molecule has 0 radical (unpaired) electrons. The standard InChI is InChI=1S/C34H24N4.Pt/c1-5-15-27(16-6-1)37(28-17-7-2-8-18-28)33-25-13-23-31(35-33)32-24-14-26-34(36-32)38(29-19-9-3-10-20-29)30-21-11-4-12-22-30;/h1-17,19-21,23-26H;/q-2;+2. The van der Waals surface area contributed by atoms with E-state index in [2.05, 4.69) is 46.2 Å². The van der Waals surface area contributed by atoms with Crippen LogP contribution in [0, 0.1) is 12.1 Å². The van der Waals surface area contributed by atoms with Crippen LogP contribution < -0.4 is 9.80 Å². The van der Waals surface area contributed by atoms with E-state index in [1.54, 1.807) is 0 Å². The van der Waals surface area contributed by atoms with E-state index in [1.807, 2.05) is 121 Å². The first-order valence-corrected chi connectivity index (χ1v) is 12.5. The number of aromatic nitrogens is 2. The van der Waals surface area contributed by atoms with Gasteiger partial charge in [-0.15, -0.1) is 12.1 Å². The molecular formula is C34H24N4Pt. The molecule has 2 aromatic heterocycles. The summed E-state index contributed by atoms with van der Waals surface area (Å²) in [6, 6.07) is 55.0. The zero-order valence-electron chi connectivity index (χ0n) is 21.0. The Morgan fingerprint density at radius 3 is 1.21 bits per heavy atom. The van der Waals surface area contributed by atoms with Gasteiger partial charge in [0.05, 0.1) is 11.4 Å². The Kier molecular flexibility index (Phi) is 8.26. The van der Waals surface area contributed by atoms with Gasteiger partial charge in [-0.25, -0.2) is 9.97 Å². The monoisotopic (exact) mass is 683 g/mol. The first-order chi connectivity index (χ1) is 18.9. The first-order valence-electron chi connectivity index (χ1n) is 12.5. The second kappa shape index (κ2) is 12.3.